The van der Waals surface area contributed by atoms with Crippen LogP contribution in [0, 0.1) is 0 Å². The van der Waals surface area contributed by atoms with Gasteiger partial charge in [-0.1, -0.05) is 12.1 Å². The summed E-state index contributed by atoms with van der Waals surface area (Å²) in [5.41, 5.74) is 4.86. The van der Waals surface area contributed by atoms with Gasteiger partial charge < -0.3 is 5.11 Å². The number of carbonyl (C=O) groups is 1. The molecule has 0 bridgehead atoms. The molecule has 1 aromatic rings. The summed E-state index contributed by atoms with van der Waals surface area (Å²) in [5.74, 6) is 0.0630. The van der Waals surface area contributed by atoms with Gasteiger partial charge in [0, 0.05) is 13.0 Å². The molecule has 1 unspecified atom stereocenters. The SMILES string of the molecule is CC(O)Cc1ccc(N2CCC(=O)N2)cc1. The highest BCUT2D eigenvalue weighted by Gasteiger charge is 2.18. The van der Waals surface area contributed by atoms with Crippen molar-refractivity contribution in [3.8, 4) is 0 Å². The Bertz CT molecular complexity index is 373. The van der Waals surface area contributed by atoms with Crippen molar-refractivity contribution in [1.29, 1.82) is 0 Å². The molecule has 1 saturated heterocycles. The topological polar surface area (TPSA) is 52.6 Å². The Hall–Kier alpha value is -1.55. The lowest BCUT2D eigenvalue weighted by Crippen LogP contribution is -2.32. The Morgan fingerprint density at radius 1 is 1.44 bits per heavy atom. The molecule has 16 heavy (non-hydrogen) atoms. The maximum absolute atomic E-state index is 11.1. The summed E-state index contributed by atoms with van der Waals surface area (Å²) in [6.07, 6.45) is 0.888. The molecule has 2 rings (SSSR count). The maximum atomic E-state index is 11.1. The first-order valence-corrected chi connectivity index (χ1v) is 5.49. The van der Waals surface area contributed by atoms with Crippen molar-refractivity contribution in [3.05, 3.63) is 29.8 Å². The summed E-state index contributed by atoms with van der Waals surface area (Å²) in [7, 11) is 0. The molecule has 0 radical (unpaired) electrons. The average molecular weight is 220 g/mol. The van der Waals surface area contributed by atoms with Gasteiger partial charge in [-0.3, -0.25) is 15.2 Å². The van der Waals surface area contributed by atoms with Gasteiger partial charge in [0.05, 0.1) is 11.8 Å². The van der Waals surface area contributed by atoms with Gasteiger partial charge in [-0.05, 0) is 31.0 Å². The van der Waals surface area contributed by atoms with Crippen LogP contribution in [0.3, 0.4) is 0 Å². The molecule has 1 heterocycles. The number of carbonyl (C=O) groups excluding carboxylic acids is 1. The summed E-state index contributed by atoms with van der Waals surface area (Å²) >= 11 is 0. The molecule has 1 aromatic carbocycles. The lowest BCUT2D eigenvalue weighted by atomic mass is 10.1. The van der Waals surface area contributed by atoms with Crippen molar-refractivity contribution < 1.29 is 9.90 Å². The zero-order chi connectivity index (χ0) is 11.5. The Morgan fingerprint density at radius 2 is 2.12 bits per heavy atom. The van der Waals surface area contributed by atoms with E-state index in [4.69, 9.17) is 0 Å². The van der Waals surface area contributed by atoms with E-state index in [1.165, 1.54) is 0 Å². The molecule has 0 saturated carbocycles. The van der Waals surface area contributed by atoms with Gasteiger partial charge in [0.15, 0.2) is 0 Å². The number of hydrazine groups is 1. The number of rotatable bonds is 3. The fourth-order valence-electron chi connectivity index (χ4n) is 1.82. The van der Waals surface area contributed by atoms with Crippen LogP contribution in [-0.4, -0.2) is 23.7 Å². The van der Waals surface area contributed by atoms with Crippen LogP contribution in [0.25, 0.3) is 0 Å². The number of aliphatic hydroxyl groups is 1. The smallest absolute Gasteiger partial charge is 0.240 e. The second-order valence-corrected chi connectivity index (χ2v) is 4.16. The van der Waals surface area contributed by atoms with Crippen LogP contribution in [0.5, 0.6) is 0 Å². The minimum Gasteiger partial charge on any atom is -0.393 e. The Morgan fingerprint density at radius 3 is 2.62 bits per heavy atom. The van der Waals surface area contributed by atoms with Crippen LogP contribution in [-0.2, 0) is 11.2 Å². The average Bonchev–Trinajstić information content (AvgIpc) is 2.65. The molecule has 2 N–H and O–H groups in total. The predicted molar refractivity (Wildman–Crippen MR) is 61.9 cm³/mol. The number of benzene rings is 1. The van der Waals surface area contributed by atoms with Gasteiger partial charge in [0.1, 0.15) is 0 Å². The van der Waals surface area contributed by atoms with Gasteiger partial charge >= 0.3 is 0 Å². The highest BCUT2D eigenvalue weighted by Crippen LogP contribution is 2.17. The summed E-state index contributed by atoms with van der Waals surface area (Å²) in [6, 6.07) is 7.88. The number of anilines is 1. The zero-order valence-corrected chi connectivity index (χ0v) is 9.31. The number of hydrogen-bond donors (Lipinski definition) is 2. The van der Waals surface area contributed by atoms with Gasteiger partial charge in [0.25, 0.3) is 0 Å². The first-order valence-electron chi connectivity index (χ1n) is 5.49. The third-order valence-corrected chi connectivity index (χ3v) is 2.60. The van der Waals surface area contributed by atoms with Crippen LogP contribution in [0.4, 0.5) is 5.69 Å². The quantitative estimate of drug-likeness (QED) is 0.794. The van der Waals surface area contributed by atoms with Crippen LogP contribution in [0.2, 0.25) is 0 Å². The predicted octanol–water partition coefficient (Wildman–Crippen LogP) is 0.851. The van der Waals surface area contributed by atoms with E-state index in [0.717, 1.165) is 11.3 Å². The Labute approximate surface area is 94.9 Å². The summed E-state index contributed by atoms with van der Waals surface area (Å²) < 4.78 is 0. The molecule has 0 spiro atoms. The van der Waals surface area contributed by atoms with Crippen molar-refractivity contribution in [2.75, 3.05) is 11.6 Å². The van der Waals surface area contributed by atoms with E-state index in [0.29, 0.717) is 19.4 Å². The Kier molecular flexibility index (Phi) is 3.10. The number of aliphatic hydroxyl groups excluding tert-OH is 1. The molecule has 0 aliphatic carbocycles. The molecule has 86 valence electrons. The number of nitrogens with one attached hydrogen (secondary N) is 1. The van der Waals surface area contributed by atoms with Crippen molar-refractivity contribution in [1.82, 2.24) is 5.43 Å². The van der Waals surface area contributed by atoms with E-state index in [1.54, 1.807) is 6.92 Å². The second kappa shape index (κ2) is 4.53. The summed E-state index contributed by atoms with van der Waals surface area (Å²) in [6.45, 7) is 2.49. The molecular formula is C12H16N2O2. The summed E-state index contributed by atoms with van der Waals surface area (Å²) in [5, 5.41) is 11.1. The molecule has 0 aromatic heterocycles. The molecule has 4 nitrogen and oxygen atoms in total. The van der Waals surface area contributed by atoms with E-state index in [2.05, 4.69) is 5.43 Å². The molecule has 1 amide bonds. The number of nitrogens with zero attached hydrogens (tertiary/aromatic N) is 1. The lowest BCUT2D eigenvalue weighted by molar-refractivity contribution is -0.119. The fourth-order valence-corrected chi connectivity index (χ4v) is 1.82. The largest absolute Gasteiger partial charge is 0.393 e. The van der Waals surface area contributed by atoms with Crippen LogP contribution >= 0.6 is 0 Å². The van der Waals surface area contributed by atoms with Crippen molar-refractivity contribution in [2.24, 2.45) is 0 Å². The van der Waals surface area contributed by atoms with Crippen LogP contribution in [0.1, 0.15) is 18.9 Å². The van der Waals surface area contributed by atoms with Crippen LogP contribution in [0.15, 0.2) is 24.3 Å². The van der Waals surface area contributed by atoms with E-state index in [9.17, 15) is 9.90 Å². The van der Waals surface area contributed by atoms with Crippen molar-refractivity contribution in [2.45, 2.75) is 25.9 Å². The second-order valence-electron chi connectivity index (χ2n) is 4.16. The zero-order valence-electron chi connectivity index (χ0n) is 9.31. The van der Waals surface area contributed by atoms with Crippen molar-refractivity contribution in [3.63, 3.8) is 0 Å². The molecule has 1 atom stereocenters. The van der Waals surface area contributed by atoms with E-state index < -0.39 is 0 Å². The highest BCUT2D eigenvalue weighted by atomic mass is 16.3. The normalized spacial score (nSPS) is 17.4. The highest BCUT2D eigenvalue weighted by molar-refractivity contribution is 5.81. The van der Waals surface area contributed by atoms with Gasteiger partial charge in [-0.25, -0.2) is 0 Å². The summed E-state index contributed by atoms with van der Waals surface area (Å²) in [4.78, 5) is 11.1. The Balaban J connectivity index is 2.04. The van der Waals surface area contributed by atoms with E-state index >= 15 is 0 Å². The maximum Gasteiger partial charge on any atom is 0.240 e. The third kappa shape index (κ3) is 2.52. The minimum absolute atomic E-state index is 0.0630. The van der Waals surface area contributed by atoms with Gasteiger partial charge in [-0.2, -0.15) is 0 Å². The first-order chi connectivity index (χ1) is 7.65. The molecule has 1 fully saturated rings. The number of amides is 1. The lowest BCUT2D eigenvalue weighted by Gasteiger charge is -2.17. The molecular weight excluding hydrogens is 204 g/mol. The monoisotopic (exact) mass is 220 g/mol. The fraction of sp³-hybridized carbons (Fsp3) is 0.417. The standard InChI is InChI=1S/C12H16N2O2/c1-9(15)8-10-2-4-11(5-3-10)14-7-6-12(16)13-14/h2-5,9,15H,6-8H2,1H3,(H,13,16). The van der Waals surface area contributed by atoms with Gasteiger partial charge in [0.2, 0.25) is 5.91 Å². The van der Waals surface area contributed by atoms with Gasteiger partial charge in [-0.15, -0.1) is 0 Å². The molecule has 1 aliphatic heterocycles. The van der Waals surface area contributed by atoms with Crippen molar-refractivity contribution >= 4 is 11.6 Å². The minimum atomic E-state index is -0.322. The number of hydrogen-bond acceptors (Lipinski definition) is 3. The van der Waals surface area contributed by atoms with E-state index in [1.807, 2.05) is 29.3 Å². The molecule has 1 aliphatic rings. The third-order valence-electron chi connectivity index (χ3n) is 2.60. The van der Waals surface area contributed by atoms with Crippen LogP contribution < -0.4 is 10.4 Å². The first kappa shape index (κ1) is 11.0. The van der Waals surface area contributed by atoms with E-state index in [-0.39, 0.29) is 12.0 Å². The molecule has 4 heteroatoms.